The van der Waals surface area contributed by atoms with Crippen LogP contribution >= 0.6 is 15.9 Å². The predicted octanol–water partition coefficient (Wildman–Crippen LogP) is 3.15. The Morgan fingerprint density at radius 1 is 1.21 bits per heavy atom. The van der Waals surface area contributed by atoms with Crippen molar-refractivity contribution in [3.05, 3.63) is 63.9 Å². The van der Waals surface area contributed by atoms with E-state index in [1.54, 1.807) is 19.2 Å². The molecule has 3 N–H and O–H groups in total. The molecule has 0 aliphatic heterocycles. The molecule has 0 amide bonds. The summed E-state index contributed by atoms with van der Waals surface area (Å²) in [5, 5.41) is 0. The zero-order chi connectivity index (χ0) is 13.8. The van der Waals surface area contributed by atoms with Gasteiger partial charge in [0.15, 0.2) is 0 Å². The fraction of sp³-hybridized carbons (Fsp3) is 0.143. The van der Waals surface area contributed by atoms with Crippen molar-refractivity contribution in [2.24, 2.45) is 5.84 Å². The lowest BCUT2D eigenvalue weighted by Gasteiger charge is -2.18. The van der Waals surface area contributed by atoms with Crippen LogP contribution in [0, 0.1) is 5.82 Å². The van der Waals surface area contributed by atoms with E-state index in [1.807, 2.05) is 24.3 Å². The van der Waals surface area contributed by atoms with Crippen LogP contribution in [-0.4, -0.2) is 7.11 Å². The van der Waals surface area contributed by atoms with Crippen molar-refractivity contribution < 1.29 is 9.13 Å². The quantitative estimate of drug-likeness (QED) is 0.671. The van der Waals surface area contributed by atoms with Crippen LogP contribution in [0.3, 0.4) is 0 Å². The van der Waals surface area contributed by atoms with Gasteiger partial charge in [0, 0.05) is 10.0 Å². The molecule has 0 aliphatic rings. The van der Waals surface area contributed by atoms with Crippen LogP contribution in [0.15, 0.2) is 46.9 Å². The van der Waals surface area contributed by atoms with Gasteiger partial charge in [-0.3, -0.25) is 5.84 Å². The Hall–Kier alpha value is -1.43. The molecule has 0 saturated heterocycles. The molecular formula is C14H14BrFN2O. The van der Waals surface area contributed by atoms with E-state index in [0.29, 0.717) is 10.0 Å². The third kappa shape index (κ3) is 3.12. The number of hydrogen-bond acceptors (Lipinski definition) is 3. The van der Waals surface area contributed by atoms with Crippen LogP contribution in [0.4, 0.5) is 4.39 Å². The largest absolute Gasteiger partial charge is 0.497 e. The first kappa shape index (κ1) is 14.0. The summed E-state index contributed by atoms with van der Waals surface area (Å²) in [7, 11) is 1.60. The lowest BCUT2D eigenvalue weighted by molar-refractivity contribution is 0.414. The smallest absolute Gasteiger partial charge is 0.129 e. The van der Waals surface area contributed by atoms with E-state index in [0.717, 1.165) is 11.3 Å². The van der Waals surface area contributed by atoms with E-state index in [-0.39, 0.29) is 5.82 Å². The van der Waals surface area contributed by atoms with Gasteiger partial charge in [-0.25, -0.2) is 9.82 Å². The molecule has 0 saturated carbocycles. The maximum Gasteiger partial charge on any atom is 0.129 e. The first-order valence-electron chi connectivity index (χ1n) is 5.70. The van der Waals surface area contributed by atoms with Gasteiger partial charge in [-0.15, -0.1) is 0 Å². The molecule has 3 nitrogen and oxygen atoms in total. The third-order valence-electron chi connectivity index (χ3n) is 2.89. The highest BCUT2D eigenvalue weighted by molar-refractivity contribution is 9.10. The van der Waals surface area contributed by atoms with Crippen molar-refractivity contribution in [1.82, 2.24) is 5.43 Å². The number of halogens is 2. The normalized spacial score (nSPS) is 12.2. The van der Waals surface area contributed by atoms with Crippen LogP contribution in [0.1, 0.15) is 17.2 Å². The minimum absolute atomic E-state index is 0.312. The summed E-state index contributed by atoms with van der Waals surface area (Å²) in [5.41, 5.74) is 4.00. The fourth-order valence-electron chi connectivity index (χ4n) is 1.90. The molecule has 0 spiro atoms. The zero-order valence-corrected chi connectivity index (χ0v) is 11.9. The van der Waals surface area contributed by atoms with Gasteiger partial charge in [-0.05, 0) is 29.8 Å². The van der Waals surface area contributed by atoms with Gasteiger partial charge in [0.25, 0.3) is 0 Å². The lowest BCUT2D eigenvalue weighted by Crippen LogP contribution is -2.29. The summed E-state index contributed by atoms with van der Waals surface area (Å²) in [6, 6.07) is 11.8. The number of benzene rings is 2. The summed E-state index contributed by atoms with van der Waals surface area (Å²) in [6.45, 7) is 0. The van der Waals surface area contributed by atoms with Crippen LogP contribution in [0.5, 0.6) is 5.75 Å². The van der Waals surface area contributed by atoms with E-state index in [2.05, 4.69) is 21.4 Å². The Labute approximate surface area is 119 Å². The van der Waals surface area contributed by atoms with Gasteiger partial charge in [0.05, 0.1) is 13.2 Å². The molecule has 0 aromatic heterocycles. The molecule has 2 aromatic rings. The lowest BCUT2D eigenvalue weighted by atomic mass is 9.99. The van der Waals surface area contributed by atoms with E-state index in [4.69, 9.17) is 10.6 Å². The second-order valence-corrected chi connectivity index (χ2v) is 4.95. The average molecular weight is 325 g/mol. The Balaban J connectivity index is 2.37. The van der Waals surface area contributed by atoms with Crippen LogP contribution < -0.4 is 16.0 Å². The molecular weight excluding hydrogens is 311 g/mol. The van der Waals surface area contributed by atoms with Crippen molar-refractivity contribution in [2.45, 2.75) is 6.04 Å². The van der Waals surface area contributed by atoms with E-state index in [1.165, 1.54) is 6.07 Å². The van der Waals surface area contributed by atoms with Crippen LogP contribution in [-0.2, 0) is 0 Å². The van der Waals surface area contributed by atoms with Gasteiger partial charge in [-0.1, -0.05) is 34.1 Å². The van der Waals surface area contributed by atoms with Gasteiger partial charge in [0.1, 0.15) is 11.6 Å². The maximum atomic E-state index is 14.0. The molecule has 0 aliphatic carbocycles. The number of nitrogens with one attached hydrogen (secondary N) is 1. The molecule has 5 heteroatoms. The van der Waals surface area contributed by atoms with Gasteiger partial charge >= 0.3 is 0 Å². The molecule has 2 aromatic carbocycles. The summed E-state index contributed by atoms with van der Waals surface area (Å²) >= 11 is 3.23. The molecule has 0 radical (unpaired) electrons. The molecule has 1 atom stereocenters. The highest BCUT2D eigenvalue weighted by atomic mass is 79.9. The van der Waals surface area contributed by atoms with Gasteiger partial charge in [-0.2, -0.15) is 0 Å². The summed E-state index contributed by atoms with van der Waals surface area (Å²) in [6.07, 6.45) is 0. The molecule has 100 valence electrons. The standard InChI is InChI=1S/C14H14BrFN2O/c1-19-11-5-2-9(3-6-11)14(18-17)12-7-4-10(15)8-13(12)16/h2-8,14,18H,17H2,1H3. The first-order chi connectivity index (χ1) is 9.15. The van der Waals surface area contributed by atoms with Crippen LogP contribution in [0.25, 0.3) is 0 Å². The minimum Gasteiger partial charge on any atom is -0.497 e. The number of hydrogen-bond donors (Lipinski definition) is 2. The average Bonchev–Trinajstić information content (AvgIpc) is 2.42. The SMILES string of the molecule is COc1ccc(C(NN)c2ccc(Br)cc2F)cc1. The fourth-order valence-corrected chi connectivity index (χ4v) is 2.23. The van der Waals surface area contributed by atoms with Crippen molar-refractivity contribution >= 4 is 15.9 Å². The second kappa shape index (κ2) is 6.14. The summed E-state index contributed by atoms with van der Waals surface area (Å²) < 4.78 is 19.8. The Morgan fingerprint density at radius 2 is 1.89 bits per heavy atom. The minimum atomic E-state index is -0.404. The van der Waals surface area contributed by atoms with E-state index in [9.17, 15) is 4.39 Å². The number of hydrazine groups is 1. The van der Waals surface area contributed by atoms with Gasteiger partial charge < -0.3 is 4.74 Å². The van der Waals surface area contributed by atoms with Crippen LogP contribution in [0.2, 0.25) is 0 Å². The maximum absolute atomic E-state index is 14.0. The number of ether oxygens (including phenoxy) is 1. The predicted molar refractivity (Wildman–Crippen MR) is 76.3 cm³/mol. The van der Waals surface area contributed by atoms with E-state index >= 15 is 0 Å². The Kier molecular flexibility index (Phi) is 4.52. The van der Waals surface area contributed by atoms with Crippen molar-refractivity contribution in [1.29, 1.82) is 0 Å². The summed E-state index contributed by atoms with van der Waals surface area (Å²) in [4.78, 5) is 0. The highest BCUT2D eigenvalue weighted by Crippen LogP contribution is 2.27. The molecule has 0 bridgehead atoms. The second-order valence-electron chi connectivity index (χ2n) is 4.04. The Bertz CT molecular complexity index is 560. The topological polar surface area (TPSA) is 47.3 Å². The molecule has 19 heavy (non-hydrogen) atoms. The van der Waals surface area contributed by atoms with Gasteiger partial charge in [0.2, 0.25) is 0 Å². The van der Waals surface area contributed by atoms with Crippen molar-refractivity contribution in [3.63, 3.8) is 0 Å². The van der Waals surface area contributed by atoms with E-state index < -0.39 is 6.04 Å². The molecule has 2 rings (SSSR count). The monoisotopic (exact) mass is 324 g/mol. The molecule has 0 heterocycles. The number of methoxy groups -OCH3 is 1. The van der Waals surface area contributed by atoms with Crippen molar-refractivity contribution in [2.75, 3.05) is 7.11 Å². The van der Waals surface area contributed by atoms with Crippen molar-refractivity contribution in [3.8, 4) is 5.75 Å². The zero-order valence-electron chi connectivity index (χ0n) is 10.4. The number of rotatable bonds is 4. The highest BCUT2D eigenvalue weighted by Gasteiger charge is 2.16. The molecule has 1 unspecified atom stereocenters. The molecule has 0 fully saturated rings. The first-order valence-corrected chi connectivity index (χ1v) is 6.50. The Morgan fingerprint density at radius 3 is 2.42 bits per heavy atom. The third-order valence-corrected chi connectivity index (χ3v) is 3.38. The summed E-state index contributed by atoms with van der Waals surface area (Å²) in [5.74, 6) is 5.99. The number of nitrogens with two attached hydrogens (primary N) is 1.